The van der Waals surface area contributed by atoms with E-state index < -0.39 is 0 Å². The number of nitrogens with zero attached hydrogens (tertiary/aromatic N) is 1. The summed E-state index contributed by atoms with van der Waals surface area (Å²) in [7, 11) is 0. The number of phenols is 1. The zero-order valence-electron chi connectivity index (χ0n) is 16.1. The fourth-order valence-electron chi connectivity index (χ4n) is 2.72. The molecule has 0 aliphatic carbocycles. The highest BCUT2D eigenvalue weighted by Crippen LogP contribution is 2.27. The Balaban J connectivity index is 0.00000676. The maximum atomic E-state index is 10.3. The summed E-state index contributed by atoms with van der Waals surface area (Å²) in [5.41, 5.74) is 3.38. The maximum absolute atomic E-state index is 10.3. The summed E-state index contributed by atoms with van der Waals surface area (Å²) >= 11 is 0. The Morgan fingerprint density at radius 3 is 1.56 bits per heavy atom. The van der Waals surface area contributed by atoms with Crippen LogP contribution in [0.4, 0.5) is 5.69 Å². The molecular weight excluding hydrogens is 354 g/mol. The van der Waals surface area contributed by atoms with Gasteiger partial charge in [0.2, 0.25) is 0 Å². The van der Waals surface area contributed by atoms with Crippen LogP contribution in [0.25, 0.3) is 0 Å². The molecule has 0 saturated heterocycles. The summed E-state index contributed by atoms with van der Waals surface area (Å²) in [5.74, 6) is 0.289. The van der Waals surface area contributed by atoms with Crippen molar-refractivity contribution in [3.8, 4) is 5.75 Å². The second-order valence-electron chi connectivity index (χ2n) is 6.09. The molecule has 1 aromatic carbocycles. The first-order valence-electron chi connectivity index (χ1n) is 8.98. The van der Waals surface area contributed by atoms with Gasteiger partial charge in [0.15, 0.2) is 0 Å². The molecule has 0 saturated carbocycles. The van der Waals surface area contributed by atoms with E-state index in [4.69, 9.17) is 0 Å². The first-order valence-corrected chi connectivity index (χ1v) is 8.98. The predicted molar refractivity (Wildman–Crippen MR) is 123 cm³/mol. The smallest absolute Gasteiger partial charge is 0.138 e. The molecule has 1 rings (SSSR count). The lowest BCUT2D eigenvalue weighted by atomic mass is 10.1. The van der Waals surface area contributed by atoms with E-state index >= 15 is 0 Å². The summed E-state index contributed by atoms with van der Waals surface area (Å²) < 4.78 is 0. The molecule has 0 heterocycles. The molecule has 1 N–H and O–H groups in total. The average Bonchev–Trinajstić information content (AvgIpc) is 2.63. The zero-order valence-corrected chi connectivity index (χ0v) is 17.0. The van der Waals surface area contributed by atoms with Crippen molar-refractivity contribution < 1.29 is 5.11 Å². The third kappa shape index (κ3) is 9.16. The number of anilines is 1. The monoisotopic (exact) mass is 385 g/mol. The number of hydrogen-bond acceptors (Lipinski definition) is 2. The third-order valence-corrected chi connectivity index (χ3v) is 4.05. The first kappa shape index (κ1) is 24.6. The molecule has 2 nitrogen and oxygen atoms in total. The molecule has 0 fully saturated rings. The second-order valence-corrected chi connectivity index (χ2v) is 6.09. The van der Waals surface area contributed by atoms with Crippen molar-refractivity contribution >= 4 is 18.1 Å². The number of phenolic OH excluding ortho intramolecular Hbond substituents is 1. The SMILES string of the molecule is C=CCC(=CCN(CC=C(CC=C)CC=C)c1ccccc1O)CC=C.Cl. The molecule has 0 unspecified atom stereocenters. The number of rotatable bonds is 13. The van der Waals surface area contributed by atoms with Gasteiger partial charge in [-0.25, -0.2) is 0 Å². The van der Waals surface area contributed by atoms with E-state index in [0.29, 0.717) is 13.1 Å². The molecule has 0 spiro atoms. The largest absolute Gasteiger partial charge is 0.506 e. The van der Waals surface area contributed by atoms with Crippen molar-refractivity contribution in [2.45, 2.75) is 25.7 Å². The fraction of sp³-hybridized carbons (Fsp3) is 0.250. The molecule has 0 aliphatic rings. The van der Waals surface area contributed by atoms with Crippen LogP contribution in [0.3, 0.4) is 0 Å². The minimum Gasteiger partial charge on any atom is -0.506 e. The van der Waals surface area contributed by atoms with Crippen molar-refractivity contribution in [2.24, 2.45) is 0 Å². The first-order chi connectivity index (χ1) is 12.7. The quantitative estimate of drug-likeness (QED) is 0.378. The topological polar surface area (TPSA) is 23.5 Å². The molecule has 0 radical (unpaired) electrons. The Labute approximate surface area is 171 Å². The van der Waals surface area contributed by atoms with Gasteiger partial charge in [-0.05, 0) is 37.8 Å². The van der Waals surface area contributed by atoms with Gasteiger partial charge in [0.05, 0.1) is 5.69 Å². The lowest BCUT2D eigenvalue weighted by Gasteiger charge is -2.24. The molecule has 0 aromatic heterocycles. The lowest BCUT2D eigenvalue weighted by Crippen LogP contribution is -2.24. The van der Waals surface area contributed by atoms with E-state index in [1.807, 2.05) is 42.5 Å². The van der Waals surface area contributed by atoms with Gasteiger partial charge in [0.25, 0.3) is 0 Å². The highest BCUT2D eigenvalue weighted by atomic mass is 35.5. The van der Waals surface area contributed by atoms with E-state index in [2.05, 4.69) is 43.4 Å². The van der Waals surface area contributed by atoms with E-state index in [0.717, 1.165) is 31.4 Å². The fourth-order valence-corrected chi connectivity index (χ4v) is 2.72. The summed E-state index contributed by atoms with van der Waals surface area (Å²) in [6.07, 6.45) is 15.4. The van der Waals surface area contributed by atoms with Gasteiger partial charge in [0, 0.05) is 13.1 Å². The van der Waals surface area contributed by atoms with Gasteiger partial charge < -0.3 is 10.0 Å². The van der Waals surface area contributed by atoms with Crippen molar-refractivity contribution in [3.05, 3.63) is 98.2 Å². The van der Waals surface area contributed by atoms with E-state index in [-0.39, 0.29) is 18.2 Å². The van der Waals surface area contributed by atoms with Crippen molar-refractivity contribution in [1.82, 2.24) is 0 Å². The molecule has 0 amide bonds. The Kier molecular flexibility index (Phi) is 13.4. The summed E-state index contributed by atoms with van der Waals surface area (Å²) in [6, 6.07) is 7.44. The highest BCUT2D eigenvalue weighted by molar-refractivity contribution is 5.85. The van der Waals surface area contributed by atoms with E-state index in [1.54, 1.807) is 6.07 Å². The summed E-state index contributed by atoms with van der Waals surface area (Å²) in [4.78, 5) is 2.16. The molecular formula is C24H32ClNO. The molecule has 0 atom stereocenters. The van der Waals surface area contributed by atoms with Crippen LogP contribution in [0.15, 0.2) is 98.2 Å². The van der Waals surface area contributed by atoms with Crippen LogP contribution in [0, 0.1) is 0 Å². The van der Waals surface area contributed by atoms with E-state index in [1.165, 1.54) is 11.1 Å². The summed E-state index contributed by atoms with van der Waals surface area (Å²) in [6.45, 7) is 16.7. The Hall–Kier alpha value is -2.45. The minimum absolute atomic E-state index is 0. The molecule has 0 aliphatic heterocycles. The highest BCUT2D eigenvalue weighted by Gasteiger charge is 2.09. The van der Waals surface area contributed by atoms with Gasteiger partial charge in [-0.15, -0.1) is 38.7 Å². The van der Waals surface area contributed by atoms with Gasteiger partial charge >= 0.3 is 0 Å². The maximum Gasteiger partial charge on any atom is 0.138 e. The Morgan fingerprint density at radius 1 is 0.778 bits per heavy atom. The third-order valence-electron chi connectivity index (χ3n) is 4.05. The van der Waals surface area contributed by atoms with Crippen LogP contribution in [0.5, 0.6) is 5.75 Å². The van der Waals surface area contributed by atoms with Gasteiger partial charge in [-0.3, -0.25) is 0 Å². The van der Waals surface area contributed by atoms with Crippen LogP contribution in [-0.4, -0.2) is 18.2 Å². The lowest BCUT2D eigenvalue weighted by molar-refractivity contribution is 0.475. The number of halogens is 1. The minimum atomic E-state index is 0. The summed E-state index contributed by atoms with van der Waals surface area (Å²) in [5, 5.41) is 10.3. The molecule has 3 heteroatoms. The van der Waals surface area contributed by atoms with Gasteiger partial charge in [-0.2, -0.15) is 0 Å². The number of para-hydroxylation sites is 2. The molecule has 146 valence electrons. The number of allylic oxidation sites excluding steroid dienone is 6. The number of aromatic hydroxyl groups is 1. The Bertz CT molecular complexity index is 613. The van der Waals surface area contributed by atoms with Gasteiger partial charge in [-0.1, -0.05) is 59.7 Å². The molecule has 0 bridgehead atoms. The van der Waals surface area contributed by atoms with Crippen molar-refractivity contribution in [1.29, 1.82) is 0 Å². The van der Waals surface area contributed by atoms with Crippen LogP contribution in [-0.2, 0) is 0 Å². The van der Waals surface area contributed by atoms with Crippen molar-refractivity contribution in [2.75, 3.05) is 18.0 Å². The Morgan fingerprint density at radius 2 is 1.19 bits per heavy atom. The molecule has 1 aromatic rings. The van der Waals surface area contributed by atoms with Crippen LogP contribution < -0.4 is 4.90 Å². The van der Waals surface area contributed by atoms with Crippen LogP contribution in [0.1, 0.15) is 25.7 Å². The molecule has 27 heavy (non-hydrogen) atoms. The van der Waals surface area contributed by atoms with E-state index in [9.17, 15) is 5.11 Å². The van der Waals surface area contributed by atoms with Crippen molar-refractivity contribution in [3.63, 3.8) is 0 Å². The van der Waals surface area contributed by atoms with Crippen LogP contribution >= 0.6 is 12.4 Å². The average molecular weight is 386 g/mol. The predicted octanol–water partition coefficient (Wildman–Crippen LogP) is 6.78. The zero-order chi connectivity index (χ0) is 19.2. The second kappa shape index (κ2) is 14.7. The number of benzene rings is 1. The van der Waals surface area contributed by atoms with Gasteiger partial charge in [0.1, 0.15) is 5.75 Å². The normalized spacial score (nSPS) is 9.33. The number of hydrogen-bond donors (Lipinski definition) is 1. The standard InChI is InChI=1S/C24H31NO.ClH/c1-5-11-21(12-6-2)17-19-25(23-15-9-10-16-24(23)26)20-18-22(13-7-3)14-8-4;/h5-10,15-18,26H,1-4,11-14,19-20H2;1H. The van der Waals surface area contributed by atoms with Crippen LogP contribution in [0.2, 0.25) is 0 Å².